The molecule has 5 nitrogen and oxygen atoms in total. The van der Waals surface area contributed by atoms with E-state index in [4.69, 9.17) is 14.7 Å². The summed E-state index contributed by atoms with van der Waals surface area (Å²) in [4.78, 5) is 10.1. The number of ether oxygens (including phenoxy) is 1. The molecule has 1 aliphatic heterocycles. The lowest BCUT2D eigenvalue weighted by Gasteiger charge is -2.39. The van der Waals surface area contributed by atoms with E-state index in [-0.39, 0.29) is 0 Å². The first kappa shape index (κ1) is 39.5. The van der Waals surface area contributed by atoms with E-state index in [0.29, 0.717) is 0 Å². The summed E-state index contributed by atoms with van der Waals surface area (Å²) in [5, 5.41) is 16.1. The van der Waals surface area contributed by atoms with Crippen molar-refractivity contribution in [2.75, 3.05) is 0 Å². The van der Waals surface area contributed by atoms with Gasteiger partial charge in [0, 0.05) is 40.1 Å². The van der Waals surface area contributed by atoms with Gasteiger partial charge >= 0.3 is 0 Å². The highest BCUT2D eigenvalue weighted by Gasteiger charge is 2.48. The van der Waals surface area contributed by atoms with Gasteiger partial charge in [-0.1, -0.05) is 194 Å². The van der Waals surface area contributed by atoms with E-state index in [0.717, 1.165) is 55.7 Å². The van der Waals surface area contributed by atoms with Crippen LogP contribution in [0.2, 0.25) is 0 Å². The Morgan fingerprint density at radius 3 is 1.68 bits per heavy atom. The lowest BCUT2D eigenvalue weighted by Crippen LogP contribution is -2.76. The largest absolute Gasteiger partial charge is 0.458 e. The van der Waals surface area contributed by atoms with Crippen molar-refractivity contribution in [1.82, 2.24) is 18.9 Å². The molecule has 0 saturated heterocycles. The first-order valence-electron chi connectivity index (χ1n) is 23.5. The molecule has 1 aliphatic rings. The van der Waals surface area contributed by atoms with Gasteiger partial charge in [0.15, 0.2) is 16.1 Å². The molecule has 9 aromatic carbocycles. The van der Waals surface area contributed by atoms with Gasteiger partial charge < -0.3 is 4.74 Å². The number of para-hydroxylation sites is 2. The Labute approximate surface area is 400 Å². The lowest BCUT2D eigenvalue weighted by molar-refractivity contribution is 0.488. The lowest BCUT2D eigenvalue weighted by atomic mass is 10.1. The molecule has 0 aliphatic carbocycles. The molecule has 324 valence electrons. The highest BCUT2D eigenvalue weighted by atomic mass is 28.3. The van der Waals surface area contributed by atoms with E-state index < -0.39 is 16.1 Å². The van der Waals surface area contributed by atoms with Crippen molar-refractivity contribution in [3.05, 3.63) is 255 Å². The Hall–Kier alpha value is -8.63. The van der Waals surface area contributed by atoms with Crippen LogP contribution >= 0.6 is 0 Å². The summed E-state index contributed by atoms with van der Waals surface area (Å²) in [5.74, 6) is 2.68. The second kappa shape index (κ2) is 15.5. The number of aromatic nitrogens is 4. The maximum atomic E-state index is 7.10. The van der Waals surface area contributed by atoms with E-state index in [9.17, 15) is 0 Å². The first-order valence-corrected chi connectivity index (χ1v) is 27.5. The SMILES string of the molecule is c1ccc([Si](c2ccccc2)(c2ccc3c4ccccc4n4ccnc4c3c2)c2ccc3c4cc5c(cc4n(-c4ccccn4)c3c2)[Si](c2ccccc2)(c2ccccc2)c2ccccc2O5)cc1. The standard InChI is InChI=1S/C62H42N4OSi2/c1-5-19-43(20-6-1)68(44-21-7-2-8-22-44,47-32-34-49-50-27-13-14-28-54(50)65-38-37-64-62(65)53(49)39-47)48-33-35-51-52-41-58-60(42-56(52)66(55(51)40-48)61-31-17-18-36-63-61)69(45-23-9-3-10-24-45,46-25-11-4-12-26-46)59-30-16-15-29-57(59)67-58/h1-42H. The average Bonchev–Trinajstić information content (AvgIpc) is 4.05. The molecule has 0 amide bonds. The second-order valence-electron chi connectivity index (χ2n) is 18.1. The highest BCUT2D eigenvalue weighted by Crippen LogP contribution is 2.38. The van der Waals surface area contributed by atoms with Gasteiger partial charge in [0.2, 0.25) is 0 Å². The molecule has 0 spiro atoms. The summed E-state index contributed by atoms with van der Waals surface area (Å²) in [6.07, 6.45) is 5.91. The van der Waals surface area contributed by atoms with Gasteiger partial charge in [0.05, 0.1) is 16.6 Å². The van der Waals surface area contributed by atoms with Crippen molar-refractivity contribution in [2.45, 2.75) is 0 Å². The van der Waals surface area contributed by atoms with Crippen LogP contribution in [0.25, 0.3) is 54.9 Å². The van der Waals surface area contributed by atoms with Crippen LogP contribution in [-0.2, 0) is 0 Å². The van der Waals surface area contributed by atoms with Crippen LogP contribution in [0.5, 0.6) is 11.5 Å². The van der Waals surface area contributed by atoms with Crippen molar-refractivity contribution >= 4 is 107 Å². The molecule has 0 atom stereocenters. The molecular formula is C62H42N4OSi2. The fourth-order valence-electron chi connectivity index (χ4n) is 11.9. The summed E-state index contributed by atoms with van der Waals surface area (Å²) in [5.41, 5.74) is 4.30. The normalized spacial score (nSPS) is 13.2. The molecule has 0 fully saturated rings. The molecule has 0 N–H and O–H groups in total. The number of imidazole rings is 1. The zero-order valence-electron chi connectivity index (χ0n) is 37.4. The van der Waals surface area contributed by atoms with Gasteiger partial charge in [0.1, 0.15) is 23.0 Å². The maximum Gasteiger partial charge on any atom is 0.188 e. The smallest absolute Gasteiger partial charge is 0.188 e. The number of hydrogen-bond acceptors (Lipinski definition) is 3. The number of pyridine rings is 2. The number of rotatable bonds is 7. The predicted octanol–water partition coefficient (Wildman–Crippen LogP) is 8.99. The number of nitrogens with zero attached hydrogens (tertiary/aromatic N) is 4. The summed E-state index contributed by atoms with van der Waals surface area (Å²) in [6.45, 7) is 0. The molecule has 5 heterocycles. The zero-order chi connectivity index (χ0) is 45.5. The summed E-state index contributed by atoms with van der Waals surface area (Å²) >= 11 is 0. The van der Waals surface area contributed by atoms with Crippen molar-refractivity contribution in [3.8, 4) is 17.3 Å². The Morgan fingerprint density at radius 1 is 0.377 bits per heavy atom. The van der Waals surface area contributed by atoms with Crippen LogP contribution in [0.3, 0.4) is 0 Å². The van der Waals surface area contributed by atoms with Gasteiger partial charge in [-0.2, -0.15) is 0 Å². The second-order valence-corrected chi connectivity index (χ2v) is 25.6. The van der Waals surface area contributed by atoms with Crippen molar-refractivity contribution in [1.29, 1.82) is 0 Å². The summed E-state index contributed by atoms with van der Waals surface area (Å²) in [7, 11) is -6.06. The molecule has 0 bridgehead atoms. The third-order valence-electron chi connectivity index (χ3n) is 14.7. The molecule has 14 rings (SSSR count). The average molecular weight is 915 g/mol. The van der Waals surface area contributed by atoms with E-state index in [1.807, 2.05) is 18.5 Å². The maximum absolute atomic E-state index is 7.10. The van der Waals surface area contributed by atoms with Gasteiger partial charge in [-0.05, 0) is 89.3 Å². The van der Waals surface area contributed by atoms with Crippen LogP contribution in [0.1, 0.15) is 0 Å². The number of benzene rings is 9. The minimum Gasteiger partial charge on any atom is -0.458 e. The quantitative estimate of drug-likeness (QED) is 0.0912. The van der Waals surface area contributed by atoms with Crippen LogP contribution in [0.4, 0.5) is 0 Å². The van der Waals surface area contributed by atoms with Gasteiger partial charge in [-0.15, -0.1) is 0 Å². The third-order valence-corrected chi connectivity index (χ3v) is 24.3. The van der Waals surface area contributed by atoms with Crippen LogP contribution in [-0.4, -0.2) is 35.1 Å². The molecule has 69 heavy (non-hydrogen) atoms. The van der Waals surface area contributed by atoms with Crippen LogP contribution < -0.4 is 46.2 Å². The molecular weight excluding hydrogens is 873 g/mol. The van der Waals surface area contributed by atoms with Crippen molar-refractivity contribution in [3.63, 3.8) is 0 Å². The number of hydrogen-bond donors (Lipinski definition) is 0. The topological polar surface area (TPSA) is 44.4 Å². The third kappa shape index (κ3) is 5.69. The molecule has 13 aromatic rings. The van der Waals surface area contributed by atoms with E-state index >= 15 is 0 Å². The fraction of sp³-hybridized carbons (Fsp3) is 0. The minimum atomic E-state index is -3.11. The van der Waals surface area contributed by atoms with Crippen molar-refractivity contribution < 1.29 is 4.74 Å². The Kier molecular flexibility index (Phi) is 8.86. The Balaban J connectivity index is 1.10. The molecule has 0 saturated carbocycles. The number of fused-ring (bicyclic) bond motifs is 11. The van der Waals surface area contributed by atoms with Crippen LogP contribution in [0.15, 0.2) is 255 Å². The summed E-state index contributed by atoms with van der Waals surface area (Å²) < 4.78 is 11.7. The fourth-order valence-corrected chi connectivity index (χ4v) is 21.6. The van der Waals surface area contributed by atoms with Crippen LogP contribution in [0, 0.1) is 0 Å². The molecule has 7 heteroatoms. The highest BCUT2D eigenvalue weighted by molar-refractivity contribution is 7.21. The molecule has 0 radical (unpaired) electrons. The Bertz CT molecular complexity index is 4020. The molecule has 4 aromatic heterocycles. The Morgan fingerprint density at radius 2 is 0.971 bits per heavy atom. The van der Waals surface area contributed by atoms with Gasteiger partial charge in [-0.25, -0.2) is 9.97 Å². The zero-order valence-corrected chi connectivity index (χ0v) is 39.4. The van der Waals surface area contributed by atoms with E-state index in [1.165, 1.54) is 52.3 Å². The summed E-state index contributed by atoms with van der Waals surface area (Å²) in [6, 6.07) is 87.5. The van der Waals surface area contributed by atoms with E-state index in [1.54, 1.807) is 0 Å². The predicted molar refractivity (Wildman–Crippen MR) is 290 cm³/mol. The van der Waals surface area contributed by atoms with E-state index in [2.05, 4.69) is 246 Å². The van der Waals surface area contributed by atoms with Crippen molar-refractivity contribution in [2.24, 2.45) is 0 Å². The minimum absolute atomic E-state index is 0.865. The monoisotopic (exact) mass is 914 g/mol. The van der Waals surface area contributed by atoms with Gasteiger partial charge in [-0.3, -0.25) is 8.97 Å². The molecule has 0 unspecified atom stereocenters. The van der Waals surface area contributed by atoms with Gasteiger partial charge in [0.25, 0.3) is 0 Å². The first-order chi connectivity index (χ1) is 34.2.